The van der Waals surface area contributed by atoms with E-state index in [4.69, 9.17) is 0 Å². The zero-order valence-corrected chi connectivity index (χ0v) is 28.0. The van der Waals surface area contributed by atoms with E-state index in [1.165, 1.54) is 76.1 Å². The summed E-state index contributed by atoms with van der Waals surface area (Å²) in [6.07, 6.45) is 0. The van der Waals surface area contributed by atoms with Gasteiger partial charge >= 0.3 is 0 Å². The Morgan fingerprint density at radius 1 is 0.255 bits per heavy atom. The Bertz CT molecular complexity index is 2890. The van der Waals surface area contributed by atoms with Crippen LogP contribution in [-0.2, 0) is 0 Å². The molecule has 0 atom stereocenters. The lowest BCUT2D eigenvalue weighted by Crippen LogP contribution is -2.11. The van der Waals surface area contributed by atoms with Gasteiger partial charge in [-0.05, 0) is 95.5 Å². The molecule has 0 bridgehead atoms. The molecule has 0 aliphatic heterocycles. The van der Waals surface area contributed by atoms with Gasteiger partial charge in [-0.2, -0.15) is 0 Å². The van der Waals surface area contributed by atoms with Crippen molar-refractivity contribution in [2.24, 2.45) is 0 Å². The first kappa shape index (κ1) is 29.2. The van der Waals surface area contributed by atoms with Crippen molar-refractivity contribution in [1.29, 1.82) is 0 Å². The van der Waals surface area contributed by atoms with E-state index in [1.54, 1.807) is 0 Å². The maximum atomic E-state index is 2.46. The molecule has 1 heteroatoms. The van der Waals surface area contributed by atoms with Gasteiger partial charge in [-0.1, -0.05) is 170 Å². The lowest BCUT2D eigenvalue weighted by Gasteiger charge is -2.29. The molecule has 1 nitrogen and oxygen atoms in total. The molecule has 0 N–H and O–H groups in total. The molecule has 0 heterocycles. The maximum absolute atomic E-state index is 2.46. The summed E-state index contributed by atoms with van der Waals surface area (Å²) in [5.74, 6) is 0. The van der Waals surface area contributed by atoms with Crippen LogP contribution in [0.25, 0.3) is 76.1 Å². The van der Waals surface area contributed by atoms with Crippen LogP contribution in [-0.4, -0.2) is 0 Å². The number of hydrogen-bond donors (Lipinski definition) is 0. The van der Waals surface area contributed by atoms with Crippen molar-refractivity contribution in [2.75, 3.05) is 4.90 Å². The molecule has 10 rings (SSSR count). The van der Waals surface area contributed by atoms with Crippen LogP contribution in [0.1, 0.15) is 0 Å². The Labute approximate surface area is 297 Å². The quantitative estimate of drug-likeness (QED) is 0.168. The molecule has 0 spiro atoms. The van der Waals surface area contributed by atoms with Crippen molar-refractivity contribution in [3.05, 3.63) is 200 Å². The van der Waals surface area contributed by atoms with Crippen molar-refractivity contribution in [1.82, 2.24) is 0 Å². The van der Waals surface area contributed by atoms with Gasteiger partial charge in [-0.25, -0.2) is 0 Å². The number of anilines is 3. The molecule has 0 unspecified atom stereocenters. The summed E-state index contributed by atoms with van der Waals surface area (Å²) in [6.45, 7) is 0. The average molecular weight is 648 g/mol. The van der Waals surface area contributed by atoms with E-state index in [1.807, 2.05) is 0 Å². The van der Waals surface area contributed by atoms with Gasteiger partial charge in [0.15, 0.2) is 0 Å². The van der Waals surface area contributed by atoms with Crippen LogP contribution in [0.5, 0.6) is 0 Å². The normalized spacial score (nSPS) is 11.5. The van der Waals surface area contributed by atoms with Crippen LogP contribution >= 0.6 is 0 Å². The van der Waals surface area contributed by atoms with Crippen molar-refractivity contribution >= 4 is 70.9 Å². The second-order valence-electron chi connectivity index (χ2n) is 13.3. The van der Waals surface area contributed by atoms with Gasteiger partial charge in [0.1, 0.15) is 0 Å². The average Bonchev–Trinajstić information content (AvgIpc) is 3.21. The zero-order chi connectivity index (χ0) is 33.7. The SMILES string of the molecule is c1cc(-c2ccccc2N(c2ccc3c4ccccc4c4ccccc4c3c2)c2cccc3ccccc23)cc(-c2cccc3ccccc23)c1. The van der Waals surface area contributed by atoms with E-state index >= 15 is 0 Å². The molecule has 10 aromatic carbocycles. The lowest BCUT2D eigenvalue weighted by atomic mass is 9.93. The van der Waals surface area contributed by atoms with Gasteiger partial charge in [0.25, 0.3) is 0 Å². The van der Waals surface area contributed by atoms with Crippen LogP contribution < -0.4 is 4.90 Å². The van der Waals surface area contributed by atoms with Gasteiger partial charge in [0.05, 0.1) is 11.4 Å². The van der Waals surface area contributed by atoms with E-state index in [2.05, 4.69) is 205 Å². The topological polar surface area (TPSA) is 3.24 Å². The lowest BCUT2D eigenvalue weighted by molar-refractivity contribution is 1.30. The monoisotopic (exact) mass is 647 g/mol. The van der Waals surface area contributed by atoms with Crippen molar-refractivity contribution in [3.8, 4) is 22.3 Å². The predicted octanol–water partition coefficient (Wildman–Crippen LogP) is 14.3. The van der Waals surface area contributed by atoms with Gasteiger partial charge < -0.3 is 4.90 Å². The molecule has 0 saturated carbocycles. The Morgan fingerprint density at radius 3 is 1.43 bits per heavy atom. The molecule has 0 saturated heterocycles. The van der Waals surface area contributed by atoms with E-state index < -0.39 is 0 Å². The minimum atomic E-state index is 1.12. The largest absolute Gasteiger partial charge is 0.309 e. The van der Waals surface area contributed by atoms with Crippen LogP contribution in [0, 0.1) is 0 Å². The summed E-state index contributed by atoms with van der Waals surface area (Å²) in [5, 5.41) is 12.6. The highest BCUT2D eigenvalue weighted by atomic mass is 15.1. The predicted molar refractivity (Wildman–Crippen MR) is 220 cm³/mol. The van der Waals surface area contributed by atoms with E-state index in [9.17, 15) is 0 Å². The van der Waals surface area contributed by atoms with Gasteiger partial charge in [-0.3, -0.25) is 0 Å². The Morgan fingerprint density at radius 2 is 0.706 bits per heavy atom. The fourth-order valence-corrected chi connectivity index (χ4v) is 8.09. The molecule has 0 radical (unpaired) electrons. The van der Waals surface area contributed by atoms with E-state index in [-0.39, 0.29) is 0 Å². The van der Waals surface area contributed by atoms with Crippen LogP contribution in [0.15, 0.2) is 200 Å². The summed E-state index contributed by atoms with van der Waals surface area (Å²) in [6, 6.07) is 73.1. The molecular weight excluding hydrogens is 615 g/mol. The Kier molecular flexibility index (Phi) is 6.89. The smallest absolute Gasteiger partial charge is 0.0540 e. The number of rotatable bonds is 5. The second-order valence-corrected chi connectivity index (χ2v) is 13.3. The van der Waals surface area contributed by atoms with E-state index in [0.29, 0.717) is 0 Å². The molecule has 0 aromatic heterocycles. The third-order valence-electron chi connectivity index (χ3n) is 10.4. The summed E-state index contributed by atoms with van der Waals surface area (Å²) in [7, 11) is 0. The number of nitrogens with zero attached hydrogens (tertiary/aromatic N) is 1. The van der Waals surface area contributed by atoms with Gasteiger partial charge in [0, 0.05) is 16.6 Å². The van der Waals surface area contributed by atoms with Crippen molar-refractivity contribution in [3.63, 3.8) is 0 Å². The summed E-state index contributed by atoms with van der Waals surface area (Å²) in [5.41, 5.74) is 8.21. The highest BCUT2D eigenvalue weighted by Crippen LogP contribution is 2.46. The number of benzene rings is 10. The first-order valence-electron chi connectivity index (χ1n) is 17.6. The van der Waals surface area contributed by atoms with E-state index in [0.717, 1.165) is 17.1 Å². The molecule has 0 aliphatic carbocycles. The highest BCUT2D eigenvalue weighted by molar-refractivity contribution is 6.26. The van der Waals surface area contributed by atoms with Crippen molar-refractivity contribution < 1.29 is 0 Å². The third-order valence-corrected chi connectivity index (χ3v) is 10.4. The first-order chi connectivity index (χ1) is 25.3. The third kappa shape index (κ3) is 4.86. The standard InChI is InChI=1S/C50H33N/c1-3-20-39-34(14-1)16-12-27-40(39)36-18-11-19-37(32-36)42-22-9-10-28-49(42)51(50-29-13-17-35-15-2-4-21-41(35)50)38-30-31-47-45-25-6-5-23-43(45)44-24-7-8-26-46(44)48(47)33-38/h1-33H. The minimum Gasteiger partial charge on any atom is -0.309 e. The number of para-hydroxylation sites is 1. The Hall–Kier alpha value is -6.70. The highest BCUT2D eigenvalue weighted by Gasteiger charge is 2.21. The molecule has 51 heavy (non-hydrogen) atoms. The fourth-order valence-electron chi connectivity index (χ4n) is 8.09. The molecule has 0 fully saturated rings. The molecule has 238 valence electrons. The van der Waals surface area contributed by atoms with Gasteiger partial charge in [0.2, 0.25) is 0 Å². The van der Waals surface area contributed by atoms with Crippen LogP contribution in [0.2, 0.25) is 0 Å². The summed E-state index contributed by atoms with van der Waals surface area (Å²) in [4.78, 5) is 2.46. The maximum Gasteiger partial charge on any atom is 0.0540 e. The zero-order valence-electron chi connectivity index (χ0n) is 28.0. The Balaban J connectivity index is 1.23. The van der Waals surface area contributed by atoms with Crippen molar-refractivity contribution in [2.45, 2.75) is 0 Å². The van der Waals surface area contributed by atoms with Crippen LogP contribution in [0.3, 0.4) is 0 Å². The van der Waals surface area contributed by atoms with Gasteiger partial charge in [-0.15, -0.1) is 0 Å². The fraction of sp³-hybridized carbons (Fsp3) is 0. The van der Waals surface area contributed by atoms with Crippen LogP contribution in [0.4, 0.5) is 17.1 Å². The number of fused-ring (bicyclic) bond motifs is 8. The molecule has 10 aromatic rings. The minimum absolute atomic E-state index is 1.12. The summed E-state index contributed by atoms with van der Waals surface area (Å²) >= 11 is 0. The first-order valence-corrected chi connectivity index (χ1v) is 17.6. The summed E-state index contributed by atoms with van der Waals surface area (Å²) < 4.78 is 0. The molecular formula is C50H33N. The molecule has 0 amide bonds. The molecule has 0 aliphatic rings. The second kappa shape index (κ2) is 12.0. The number of hydrogen-bond acceptors (Lipinski definition) is 1.